The highest BCUT2D eigenvalue weighted by Gasteiger charge is 2.35. The molecule has 1 amide bonds. The van der Waals surface area contributed by atoms with E-state index in [1.165, 1.54) is 19.3 Å². The molecule has 0 unspecified atom stereocenters. The quantitative estimate of drug-likeness (QED) is 0.412. The molecule has 3 heterocycles. The van der Waals surface area contributed by atoms with Crippen molar-refractivity contribution >= 4 is 40.6 Å². The number of anilines is 2. The fourth-order valence-electron chi connectivity index (χ4n) is 5.20. The number of alkyl carbamates (subject to hydrolysis) is 1. The Morgan fingerprint density at radius 2 is 2.03 bits per heavy atom. The van der Waals surface area contributed by atoms with Crippen LogP contribution in [0.5, 0.6) is 0 Å². The van der Waals surface area contributed by atoms with Crippen LogP contribution >= 0.6 is 11.6 Å². The molecule has 1 saturated heterocycles. The van der Waals surface area contributed by atoms with Crippen LogP contribution in [0.2, 0.25) is 5.02 Å². The van der Waals surface area contributed by atoms with Gasteiger partial charge in [-0.1, -0.05) is 11.6 Å². The van der Waals surface area contributed by atoms with Gasteiger partial charge in [-0.15, -0.1) is 0 Å². The topological polar surface area (TPSA) is 127 Å². The minimum atomic E-state index is -0.952. The van der Waals surface area contributed by atoms with E-state index in [0.29, 0.717) is 61.9 Å². The zero-order chi connectivity index (χ0) is 27.7. The molecule has 1 aromatic carbocycles. The average Bonchev–Trinajstić information content (AvgIpc) is 3.33. The molecule has 1 aliphatic carbocycles. The van der Waals surface area contributed by atoms with Crippen molar-refractivity contribution in [1.29, 1.82) is 0 Å². The number of nitrogens with one attached hydrogen (secondary N) is 2. The second kappa shape index (κ2) is 11.5. The van der Waals surface area contributed by atoms with Gasteiger partial charge in [0.25, 0.3) is 0 Å². The van der Waals surface area contributed by atoms with Crippen LogP contribution in [0, 0.1) is 5.82 Å². The number of aliphatic hydroxyl groups is 1. The SMILES string of the molecule is CNC(=O)O[C@H]1CCC[C@@H](Nc2ncc(Cl)c(-c3cc(F)c4nc(N5CCOCC5)n(C(C)C)c4c3)n2)[C@@H]1O. The lowest BCUT2D eigenvalue weighted by molar-refractivity contribution is -0.0269. The van der Waals surface area contributed by atoms with Crippen LogP contribution in [0.15, 0.2) is 18.3 Å². The maximum Gasteiger partial charge on any atom is 0.407 e. The molecular formula is C26H33ClFN7O4. The highest BCUT2D eigenvalue weighted by Crippen LogP contribution is 2.35. The zero-order valence-electron chi connectivity index (χ0n) is 22.2. The summed E-state index contributed by atoms with van der Waals surface area (Å²) in [5.41, 5.74) is 1.76. The monoisotopic (exact) mass is 561 g/mol. The number of rotatable bonds is 6. The van der Waals surface area contributed by atoms with Gasteiger partial charge >= 0.3 is 6.09 Å². The zero-order valence-corrected chi connectivity index (χ0v) is 22.9. The number of imidazole rings is 1. The first kappa shape index (κ1) is 27.4. The highest BCUT2D eigenvalue weighted by atomic mass is 35.5. The van der Waals surface area contributed by atoms with Crippen LogP contribution in [0.1, 0.15) is 39.2 Å². The summed E-state index contributed by atoms with van der Waals surface area (Å²) in [6.45, 7) is 6.61. The van der Waals surface area contributed by atoms with Crippen LogP contribution in [-0.4, -0.2) is 82.3 Å². The number of fused-ring (bicyclic) bond motifs is 1. The molecule has 0 spiro atoms. The van der Waals surface area contributed by atoms with Gasteiger partial charge in [-0.05, 0) is 45.2 Å². The Balaban J connectivity index is 1.47. The van der Waals surface area contributed by atoms with Crippen molar-refractivity contribution in [3.63, 3.8) is 0 Å². The number of hydrogen-bond donors (Lipinski definition) is 3. The van der Waals surface area contributed by atoms with Gasteiger partial charge in [0.1, 0.15) is 17.7 Å². The summed E-state index contributed by atoms with van der Waals surface area (Å²) >= 11 is 6.50. The molecule has 210 valence electrons. The molecule has 11 nitrogen and oxygen atoms in total. The van der Waals surface area contributed by atoms with Crippen molar-refractivity contribution in [2.24, 2.45) is 0 Å². The lowest BCUT2D eigenvalue weighted by Crippen LogP contribution is -2.48. The Morgan fingerprint density at radius 3 is 2.74 bits per heavy atom. The number of nitrogens with zero attached hydrogens (tertiary/aromatic N) is 5. The van der Waals surface area contributed by atoms with E-state index in [0.717, 1.165) is 6.42 Å². The molecule has 1 saturated carbocycles. The molecule has 2 aromatic heterocycles. The summed E-state index contributed by atoms with van der Waals surface area (Å²) < 4.78 is 28.3. The summed E-state index contributed by atoms with van der Waals surface area (Å²) in [7, 11) is 1.47. The smallest absolute Gasteiger partial charge is 0.407 e. The van der Waals surface area contributed by atoms with Crippen molar-refractivity contribution in [2.45, 2.75) is 57.4 Å². The number of hydrogen-bond acceptors (Lipinski definition) is 9. The van der Waals surface area contributed by atoms with Gasteiger partial charge in [-0.3, -0.25) is 0 Å². The van der Waals surface area contributed by atoms with Crippen molar-refractivity contribution in [2.75, 3.05) is 43.6 Å². The van der Waals surface area contributed by atoms with Crippen molar-refractivity contribution in [3.8, 4) is 11.3 Å². The molecule has 1 aliphatic heterocycles. The molecule has 39 heavy (non-hydrogen) atoms. The Labute approximate surface area is 230 Å². The van der Waals surface area contributed by atoms with Gasteiger partial charge in [-0.2, -0.15) is 0 Å². The van der Waals surface area contributed by atoms with Crippen LogP contribution < -0.4 is 15.5 Å². The summed E-state index contributed by atoms with van der Waals surface area (Å²) in [5, 5.41) is 16.6. The Kier molecular flexibility index (Phi) is 8.06. The second-order valence-corrected chi connectivity index (χ2v) is 10.5. The van der Waals surface area contributed by atoms with Crippen LogP contribution in [-0.2, 0) is 9.47 Å². The number of morpholine rings is 1. The molecule has 3 atom stereocenters. The van der Waals surface area contributed by atoms with Gasteiger partial charge in [0, 0.05) is 31.7 Å². The largest absolute Gasteiger partial charge is 0.443 e. The molecule has 3 aromatic rings. The van der Waals surface area contributed by atoms with E-state index in [-0.39, 0.29) is 22.5 Å². The van der Waals surface area contributed by atoms with Crippen molar-refractivity contribution in [1.82, 2.24) is 24.8 Å². The van der Waals surface area contributed by atoms with E-state index in [9.17, 15) is 9.90 Å². The summed E-state index contributed by atoms with van der Waals surface area (Å²) in [4.78, 5) is 27.3. The maximum absolute atomic E-state index is 15.5. The third-order valence-electron chi connectivity index (χ3n) is 7.13. The van der Waals surface area contributed by atoms with E-state index in [1.807, 2.05) is 24.5 Å². The lowest BCUT2D eigenvalue weighted by atomic mass is 9.90. The fourth-order valence-corrected chi connectivity index (χ4v) is 5.40. The van der Waals surface area contributed by atoms with E-state index < -0.39 is 30.2 Å². The van der Waals surface area contributed by atoms with Crippen LogP contribution in [0.3, 0.4) is 0 Å². The molecular weight excluding hydrogens is 529 g/mol. The third kappa shape index (κ3) is 5.59. The standard InChI is InChI=1S/C26H33ClFN7O4/c1-14(2)35-19-12-15(11-17(28)22(19)33-25(35)34-7-9-38-10-8-34)21-16(27)13-30-24(32-21)31-18-5-4-6-20(23(18)36)39-26(37)29-3/h11-14,18,20,23,36H,4-10H2,1-3H3,(H,29,37)(H,30,31,32)/t18-,20+,23+/m1/s1. The molecule has 5 rings (SSSR count). The number of benzene rings is 1. The number of halogens is 2. The first-order valence-electron chi connectivity index (χ1n) is 13.2. The van der Waals surface area contributed by atoms with E-state index in [2.05, 4.69) is 30.5 Å². The third-order valence-corrected chi connectivity index (χ3v) is 7.41. The van der Waals surface area contributed by atoms with Gasteiger partial charge in [0.15, 0.2) is 5.82 Å². The number of carbonyl (C=O) groups excluding carboxylic acids is 1. The van der Waals surface area contributed by atoms with Gasteiger partial charge in [0.2, 0.25) is 11.9 Å². The number of aliphatic hydroxyl groups excluding tert-OH is 1. The summed E-state index contributed by atoms with van der Waals surface area (Å²) in [6.07, 6.45) is 1.16. The second-order valence-electron chi connectivity index (χ2n) is 10.1. The summed E-state index contributed by atoms with van der Waals surface area (Å²) in [6, 6.07) is 2.80. The first-order valence-corrected chi connectivity index (χ1v) is 13.5. The van der Waals surface area contributed by atoms with E-state index in [1.54, 1.807) is 0 Å². The van der Waals surface area contributed by atoms with Gasteiger partial charge < -0.3 is 34.7 Å². The van der Waals surface area contributed by atoms with Crippen molar-refractivity contribution < 1.29 is 23.8 Å². The van der Waals surface area contributed by atoms with Crippen LogP contribution in [0.25, 0.3) is 22.3 Å². The highest BCUT2D eigenvalue weighted by molar-refractivity contribution is 6.33. The predicted octanol–water partition coefficient (Wildman–Crippen LogP) is 3.75. The molecule has 2 aliphatic rings. The molecule has 13 heteroatoms. The number of carbonyl (C=O) groups is 1. The fraction of sp³-hybridized carbons (Fsp3) is 0.538. The normalized spacial score (nSPS) is 21.8. The minimum Gasteiger partial charge on any atom is -0.443 e. The molecule has 0 radical (unpaired) electrons. The minimum absolute atomic E-state index is 0.0262. The van der Waals surface area contributed by atoms with Gasteiger partial charge in [-0.25, -0.2) is 24.1 Å². The predicted molar refractivity (Wildman–Crippen MR) is 146 cm³/mol. The van der Waals surface area contributed by atoms with E-state index in [4.69, 9.17) is 21.1 Å². The Hall–Kier alpha value is -3.22. The maximum atomic E-state index is 15.5. The van der Waals surface area contributed by atoms with Crippen LogP contribution in [0.4, 0.5) is 21.1 Å². The molecule has 0 bridgehead atoms. The number of aromatic nitrogens is 4. The van der Waals surface area contributed by atoms with Gasteiger partial charge in [0.05, 0.1) is 41.7 Å². The first-order chi connectivity index (χ1) is 18.8. The molecule has 3 N–H and O–H groups in total. The number of amides is 1. The average molecular weight is 562 g/mol. The summed E-state index contributed by atoms with van der Waals surface area (Å²) in [5.74, 6) is 0.457. The Morgan fingerprint density at radius 1 is 1.26 bits per heavy atom. The number of ether oxygens (including phenoxy) is 2. The lowest BCUT2D eigenvalue weighted by Gasteiger charge is -2.34. The molecule has 2 fully saturated rings. The van der Waals surface area contributed by atoms with E-state index >= 15 is 4.39 Å². The Bertz CT molecular complexity index is 1350. The van der Waals surface area contributed by atoms with Crippen molar-refractivity contribution in [3.05, 3.63) is 29.2 Å².